The molecule has 2 N–H and O–H groups in total. The third-order valence-electron chi connectivity index (χ3n) is 3.97. The summed E-state index contributed by atoms with van der Waals surface area (Å²) in [7, 11) is 0. The minimum Gasteiger partial charge on any atom is -0.479 e. The molecule has 1 atom stereocenters. The van der Waals surface area contributed by atoms with Crippen LogP contribution in [0, 0.1) is 0 Å². The lowest BCUT2D eigenvalue weighted by molar-refractivity contribution is -0.143. The molecule has 10 heteroatoms. The van der Waals surface area contributed by atoms with Crippen LogP contribution in [0.1, 0.15) is 22.7 Å². The van der Waals surface area contributed by atoms with Crippen LogP contribution in [0.5, 0.6) is 0 Å². The fraction of sp³-hybridized carbons (Fsp3) is 0.167. The van der Waals surface area contributed by atoms with Crippen LogP contribution in [0.25, 0.3) is 10.1 Å². The average Bonchev–Trinajstić information content (AvgIpc) is 3.01. The van der Waals surface area contributed by atoms with Gasteiger partial charge in [-0.25, -0.2) is 4.79 Å². The molecule has 0 aliphatic carbocycles. The van der Waals surface area contributed by atoms with Gasteiger partial charge in [0.1, 0.15) is 0 Å². The van der Waals surface area contributed by atoms with Gasteiger partial charge in [-0.05, 0) is 35.0 Å². The van der Waals surface area contributed by atoms with Crippen molar-refractivity contribution >= 4 is 33.1 Å². The highest BCUT2D eigenvalue weighted by Gasteiger charge is 2.37. The van der Waals surface area contributed by atoms with Gasteiger partial charge in [0.2, 0.25) is 0 Å². The summed E-state index contributed by atoms with van der Waals surface area (Å²) >= 11 is 1.22. The number of hydrogen-bond donors (Lipinski definition) is 2. The minimum absolute atomic E-state index is 0.0130. The summed E-state index contributed by atoms with van der Waals surface area (Å²) in [6.45, 7) is 0. The zero-order valence-corrected chi connectivity index (χ0v) is 14.5. The molecule has 3 aromatic rings. The number of fused-ring (bicyclic) bond motifs is 1. The van der Waals surface area contributed by atoms with Crippen molar-refractivity contribution in [2.45, 2.75) is 18.4 Å². The van der Waals surface area contributed by atoms with Gasteiger partial charge >= 0.3 is 18.3 Å². The number of halogens is 6. The van der Waals surface area contributed by atoms with Gasteiger partial charge in [-0.3, -0.25) is 0 Å². The molecule has 0 radical (unpaired) electrons. The maximum atomic E-state index is 13.0. The first-order chi connectivity index (χ1) is 13.0. The van der Waals surface area contributed by atoms with Gasteiger partial charge in [0, 0.05) is 16.0 Å². The van der Waals surface area contributed by atoms with Crippen LogP contribution in [0.3, 0.4) is 0 Å². The number of carboxylic acids is 1. The molecule has 0 aliphatic heterocycles. The molecule has 0 amide bonds. The van der Waals surface area contributed by atoms with E-state index in [1.807, 2.05) is 0 Å². The number of anilines is 1. The van der Waals surface area contributed by atoms with Crippen LogP contribution in [0.4, 0.5) is 32.0 Å². The minimum atomic E-state index is -5.02. The van der Waals surface area contributed by atoms with Crippen molar-refractivity contribution in [3.8, 4) is 0 Å². The first kappa shape index (κ1) is 20.0. The lowest BCUT2D eigenvalue weighted by atomic mass is 10.0. The van der Waals surface area contributed by atoms with E-state index in [0.29, 0.717) is 17.5 Å². The van der Waals surface area contributed by atoms with Crippen LogP contribution in [-0.4, -0.2) is 11.1 Å². The Hall–Kier alpha value is -2.75. The fourth-order valence-corrected chi connectivity index (χ4v) is 3.69. The largest absolute Gasteiger partial charge is 0.479 e. The number of rotatable bonds is 4. The van der Waals surface area contributed by atoms with Gasteiger partial charge in [0.15, 0.2) is 6.04 Å². The molecule has 1 heterocycles. The van der Waals surface area contributed by atoms with Crippen LogP contribution in [0.2, 0.25) is 0 Å². The Morgan fingerprint density at radius 3 is 2.07 bits per heavy atom. The Morgan fingerprint density at radius 1 is 0.964 bits per heavy atom. The second kappa shape index (κ2) is 7.01. The summed E-state index contributed by atoms with van der Waals surface area (Å²) in [6.07, 6.45) is -10.0. The van der Waals surface area contributed by atoms with Gasteiger partial charge in [-0.15, -0.1) is 11.3 Å². The molecular formula is C18H11F6NO2S. The van der Waals surface area contributed by atoms with Crippen molar-refractivity contribution < 1.29 is 36.2 Å². The van der Waals surface area contributed by atoms with E-state index in [-0.39, 0.29) is 11.6 Å². The van der Waals surface area contributed by atoms with Crippen molar-refractivity contribution in [1.29, 1.82) is 0 Å². The van der Waals surface area contributed by atoms with Crippen molar-refractivity contribution in [2.75, 3.05) is 5.32 Å². The molecule has 28 heavy (non-hydrogen) atoms. The van der Waals surface area contributed by atoms with Crippen molar-refractivity contribution in [3.63, 3.8) is 0 Å². The second-order valence-electron chi connectivity index (χ2n) is 5.90. The summed E-state index contributed by atoms with van der Waals surface area (Å²) in [4.78, 5) is 11.7. The molecule has 0 fully saturated rings. The number of nitrogens with one attached hydrogen (secondary N) is 1. The fourth-order valence-electron chi connectivity index (χ4n) is 2.70. The Labute approximate surface area is 158 Å². The quantitative estimate of drug-likeness (QED) is 0.497. The van der Waals surface area contributed by atoms with Crippen molar-refractivity contribution in [1.82, 2.24) is 0 Å². The normalized spacial score (nSPS) is 13.5. The second-order valence-corrected chi connectivity index (χ2v) is 6.81. The Bertz CT molecular complexity index is 993. The molecule has 148 valence electrons. The molecule has 0 saturated heterocycles. The molecule has 0 aliphatic rings. The maximum Gasteiger partial charge on any atom is 0.416 e. The molecular weight excluding hydrogens is 408 g/mol. The van der Waals surface area contributed by atoms with E-state index in [1.165, 1.54) is 16.7 Å². The van der Waals surface area contributed by atoms with E-state index in [9.17, 15) is 36.2 Å². The molecule has 0 saturated carbocycles. The lowest BCUT2D eigenvalue weighted by Crippen LogP contribution is -2.21. The van der Waals surface area contributed by atoms with E-state index in [1.54, 1.807) is 24.3 Å². The van der Waals surface area contributed by atoms with Crippen molar-refractivity contribution in [2.24, 2.45) is 0 Å². The Morgan fingerprint density at radius 2 is 1.54 bits per heavy atom. The third-order valence-corrected chi connectivity index (χ3v) is 4.95. The molecule has 0 bridgehead atoms. The van der Waals surface area contributed by atoms with Gasteiger partial charge in [-0.1, -0.05) is 18.2 Å². The van der Waals surface area contributed by atoms with Gasteiger partial charge in [0.05, 0.1) is 11.1 Å². The Kier molecular flexibility index (Phi) is 5.00. The monoisotopic (exact) mass is 419 g/mol. The highest BCUT2D eigenvalue weighted by atomic mass is 32.1. The molecule has 1 unspecified atom stereocenters. The predicted octanol–water partition coefficient (Wildman–Crippen LogP) is 6.18. The summed E-state index contributed by atoms with van der Waals surface area (Å²) in [6, 6.07) is 6.12. The molecule has 0 spiro atoms. The van der Waals surface area contributed by atoms with Crippen LogP contribution < -0.4 is 5.32 Å². The zero-order chi connectivity index (χ0) is 20.7. The first-order valence-electron chi connectivity index (χ1n) is 7.72. The zero-order valence-electron chi connectivity index (χ0n) is 13.7. The summed E-state index contributed by atoms with van der Waals surface area (Å²) in [5.74, 6) is -1.44. The van der Waals surface area contributed by atoms with Gasteiger partial charge in [0.25, 0.3) is 0 Å². The van der Waals surface area contributed by atoms with Crippen LogP contribution >= 0.6 is 11.3 Å². The van der Waals surface area contributed by atoms with E-state index < -0.39 is 41.2 Å². The molecule has 3 nitrogen and oxygen atoms in total. The molecule has 2 aromatic carbocycles. The van der Waals surface area contributed by atoms with Crippen LogP contribution in [-0.2, 0) is 17.1 Å². The lowest BCUT2D eigenvalue weighted by Gasteiger charge is -2.19. The summed E-state index contributed by atoms with van der Waals surface area (Å²) < 4.78 is 78.8. The number of benzene rings is 2. The van der Waals surface area contributed by atoms with Crippen molar-refractivity contribution in [3.05, 3.63) is 64.5 Å². The van der Waals surface area contributed by atoms with E-state index >= 15 is 0 Å². The highest BCUT2D eigenvalue weighted by Crippen LogP contribution is 2.39. The van der Waals surface area contributed by atoms with E-state index in [0.717, 1.165) is 4.70 Å². The Balaban J connectivity index is 2.08. The van der Waals surface area contributed by atoms with Gasteiger partial charge < -0.3 is 10.4 Å². The third kappa shape index (κ3) is 4.06. The number of thiophene rings is 1. The number of carbonyl (C=O) groups is 1. The van der Waals surface area contributed by atoms with Gasteiger partial charge in [-0.2, -0.15) is 26.3 Å². The number of aliphatic carboxylic acids is 1. The SMILES string of the molecule is O=C(O)C(Nc1cc(C(F)(F)F)cc(C(F)(F)F)c1)c1csc2ccccc12. The first-order valence-corrected chi connectivity index (χ1v) is 8.60. The average molecular weight is 419 g/mol. The summed E-state index contributed by atoms with van der Waals surface area (Å²) in [5, 5.41) is 13.9. The highest BCUT2D eigenvalue weighted by molar-refractivity contribution is 7.17. The number of hydrogen-bond acceptors (Lipinski definition) is 3. The van der Waals surface area contributed by atoms with Crippen LogP contribution in [0.15, 0.2) is 47.8 Å². The predicted molar refractivity (Wildman–Crippen MR) is 92.3 cm³/mol. The maximum absolute atomic E-state index is 13.0. The van der Waals surface area contributed by atoms with E-state index in [2.05, 4.69) is 5.32 Å². The topological polar surface area (TPSA) is 49.3 Å². The smallest absolute Gasteiger partial charge is 0.416 e. The number of carboxylic acid groups (broad SMARTS) is 1. The number of alkyl halides is 6. The standard InChI is InChI=1S/C18H11F6NO2S/c19-17(20,21)9-5-10(18(22,23)24)7-11(6-9)25-15(16(26)27)13-8-28-14-4-2-1-3-12(13)14/h1-8,15,25H,(H,26,27). The summed E-state index contributed by atoms with van der Waals surface area (Å²) in [5.41, 5.74) is -3.39. The molecule has 3 rings (SSSR count). The molecule has 1 aromatic heterocycles. The van der Waals surface area contributed by atoms with E-state index in [4.69, 9.17) is 0 Å².